The first-order chi connectivity index (χ1) is 11.4. The predicted octanol–water partition coefficient (Wildman–Crippen LogP) is 2.61. The summed E-state index contributed by atoms with van der Waals surface area (Å²) in [6.07, 6.45) is 0. The number of hydrazone groups is 1. The van der Waals surface area contributed by atoms with Crippen molar-refractivity contribution in [1.29, 1.82) is 10.5 Å². The van der Waals surface area contributed by atoms with Crippen molar-refractivity contribution in [3.8, 4) is 12.1 Å². The van der Waals surface area contributed by atoms with Crippen LogP contribution in [-0.4, -0.2) is 14.1 Å². The topological polar surface area (TPSA) is 118 Å². The minimum absolute atomic E-state index is 0.0266. The highest BCUT2D eigenvalue weighted by molar-refractivity contribution is 7.92. The fourth-order valence-corrected chi connectivity index (χ4v) is 2.87. The second kappa shape index (κ2) is 7.27. The summed E-state index contributed by atoms with van der Waals surface area (Å²) in [4.78, 5) is 0.0266. The zero-order valence-corrected chi connectivity index (χ0v) is 13.5. The number of nitrogens with one attached hydrogen (secondary N) is 2. The smallest absolute Gasteiger partial charge is 0.261 e. The van der Waals surface area contributed by atoms with E-state index in [2.05, 4.69) is 15.2 Å². The molecule has 0 fully saturated rings. The standard InChI is InChI=1S/C16H13N5O2S/c1-12-5-7-13(8-6-12)21-24(22,23)16-4-2-3-14(9-16)19-20-15(10-17)11-18/h2-9,19,21H,1H3. The number of anilines is 2. The minimum atomic E-state index is -3.77. The summed E-state index contributed by atoms with van der Waals surface area (Å²) in [6, 6.07) is 16.0. The second-order valence-electron chi connectivity index (χ2n) is 4.80. The lowest BCUT2D eigenvalue weighted by Gasteiger charge is -2.09. The van der Waals surface area contributed by atoms with Gasteiger partial charge in [-0.15, -0.1) is 0 Å². The highest BCUT2D eigenvalue weighted by Gasteiger charge is 2.14. The van der Waals surface area contributed by atoms with E-state index in [1.54, 1.807) is 42.5 Å². The van der Waals surface area contributed by atoms with Gasteiger partial charge in [0.15, 0.2) is 0 Å². The van der Waals surface area contributed by atoms with Crippen LogP contribution in [0.4, 0.5) is 11.4 Å². The van der Waals surface area contributed by atoms with Crippen molar-refractivity contribution in [2.75, 3.05) is 10.1 Å². The summed E-state index contributed by atoms with van der Waals surface area (Å²) in [5, 5.41) is 20.8. The molecule has 0 aliphatic rings. The molecule has 7 nitrogen and oxygen atoms in total. The van der Waals surface area contributed by atoms with Gasteiger partial charge >= 0.3 is 0 Å². The SMILES string of the molecule is Cc1ccc(NS(=O)(=O)c2cccc(NN=C(C#N)C#N)c2)cc1. The maximum absolute atomic E-state index is 12.4. The Hall–Kier alpha value is -3.36. The molecule has 0 saturated carbocycles. The molecule has 0 aliphatic heterocycles. The van der Waals surface area contributed by atoms with Gasteiger partial charge in [0.25, 0.3) is 10.0 Å². The van der Waals surface area contributed by atoms with Gasteiger partial charge in [-0.3, -0.25) is 10.1 Å². The molecule has 0 radical (unpaired) electrons. The highest BCUT2D eigenvalue weighted by atomic mass is 32.2. The zero-order chi connectivity index (χ0) is 17.6. The largest absolute Gasteiger partial charge is 0.280 e. The number of benzene rings is 2. The monoisotopic (exact) mass is 339 g/mol. The maximum atomic E-state index is 12.4. The summed E-state index contributed by atoms with van der Waals surface area (Å²) < 4.78 is 27.3. The molecule has 24 heavy (non-hydrogen) atoms. The maximum Gasteiger partial charge on any atom is 0.261 e. The molecule has 0 aromatic heterocycles. The normalized spacial score (nSPS) is 10.1. The van der Waals surface area contributed by atoms with E-state index in [4.69, 9.17) is 10.5 Å². The molecule has 0 spiro atoms. The second-order valence-corrected chi connectivity index (χ2v) is 6.48. The lowest BCUT2D eigenvalue weighted by Crippen LogP contribution is -2.13. The summed E-state index contributed by atoms with van der Waals surface area (Å²) in [5.41, 5.74) is 3.93. The molecule has 0 aliphatic carbocycles. The first kappa shape index (κ1) is 17.0. The summed E-state index contributed by atoms with van der Waals surface area (Å²) in [5.74, 6) is 0. The van der Waals surface area contributed by atoms with E-state index in [-0.39, 0.29) is 10.6 Å². The molecule has 0 heterocycles. The van der Waals surface area contributed by atoms with Crippen molar-refractivity contribution in [2.24, 2.45) is 5.10 Å². The first-order valence-electron chi connectivity index (χ1n) is 6.78. The third-order valence-corrected chi connectivity index (χ3v) is 4.34. The lowest BCUT2D eigenvalue weighted by atomic mass is 10.2. The fourth-order valence-electron chi connectivity index (χ4n) is 1.76. The van der Waals surface area contributed by atoms with Crippen LogP contribution in [-0.2, 0) is 10.0 Å². The van der Waals surface area contributed by atoms with Gasteiger partial charge in [-0.1, -0.05) is 23.8 Å². The average molecular weight is 339 g/mol. The van der Waals surface area contributed by atoms with E-state index >= 15 is 0 Å². The van der Waals surface area contributed by atoms with Crippen LogP contribution in [0.25, 0.3) is 0 Å². The van der Waals surface area contributed by atoms with E-state index in [1.807, 2.05) is 6.92 Å². The molecule has 2 aromatic carbocycles. The molecule has 0 unspecified atom stereocenters. The number of sulfonamides is 1. The van der Waals surface area contributed by atoms with Gasteiger partial charge in [-0.2, -0.15) is 15.6 Å². The van der Waals surface area contributed by atoms with Gasteiger partial charge in [0, 0.05) is 5.69 Å². The molecule has 8 heteroatoms. The number of nitriles is 2. The Bertz CT molecular complexity index is 935. The summed E-state index contributed by atoms with van der Waals surface area (Å²) in [6.45, 7) is 1.91. The van der Waals surface area contributed by atoms with Gasteiger partial charge in [-0.25, -0.2) is 8.42 Å². The Kier molecular flexibility index (Phi) is 5.15. The Morgan fingerprint density at radius 3 is 2.33 bits per heavy atom. The van der Waals surface area contributed by atoms with E-state index in [0.717, 1.165) is 5.56 Å². The van der Waals surface area contributed by atoms with Crippen LogP contribution in [0.15, 0.2) is 58.5 Å². The fraction of sp³-hybridized carbons (Fsp3) is 0.0625. The average Bonchev–Trinajstić information content (AvgIpc) is 2.58. The molecular weight excluding hydrogens is 326 g/mol. The number of nitrogens with zero attached hydrogens (tertiary/aromatic N) is 3. The van der Waals surface area contributed by atoms with Gasteiger partial charge in [0.2, 0.25) is 5.71 Å². The van der Waals surface area contributed by atoms with Crippen LogP contribution in [0.2, 0.25) is 0 Å². The van der Waals surface area contributed by atoms with Crippen LogP contribution < -0.4 is 10.1 Å². The quantitative estimate of drug-likeness (QED) is 0.641. The van der Waals surface area contributed by atoms with E-state index in [1.165, 1.54) is 18.2 Å². The Morgan fingerprint density at radius 1 is 1.04 bits per heavy atom. The highest BCUT2D eigenvalue weighted by Crippen LogP contribution is 2.19. The van der Waals surface area contributed by atoms with Crippen LogP contribution in [0, 0.1) is 29.6 Å². The van der Waals surface area contributed by atoms with Gasteiger partial charge in [0.05, 0.1) is 10.6 Å². The van der Waals surface area contributed by atoms with Crippen LogP contribution in [0.1, 0.15) is 5.56 Å². The molecule has 2 rings (SSSR count). The molecule has 2 aromatic rings. The van der Waals surface area contributed by atoms with Crippen LogP contribution in [0.5, 0.6) is 0 Å². The van der Waals surface area contributed by atoms with Crippen molar-refractivity contribution < 1.29 is 8.42 Å². The van der Waals surface area contributed by atoms with E-state index in [9.17, 15) is 8.42 Å². The summed E-state index contributed by atoms with van der Waals surface area (Å²) >= 11 is 0. The predicted molar refractivity (Wildman–Crippen MR) is 90.7 cm³/mol. The van der Waals surface area contributed by atoms with Crippen LogP contribution in [0.3, 0.4) is 0 Å². The molecular formula is C16H13N5O2S. The van der Waals surface area contributed by atoms with Crippen LogP contribution >= 0.6 is 0 Å². The Balaban J connectivity index is 2.24. The van der Waals surface area contributed by atoms with Crippen molar-refractivity contribution in [2.45, 2.75) is 11.8 Å². The molecule has 0 amide bonds. The van der Waals surface area contributed by atoms with Gasteiger partial charge in [0.1, 0.15) is 12.1 Å². The lowest BCUT2D eigenvalue weighted by molar-refractivity contribution is 0.601. The number of hydrogen-bond donors (Lipinski definition) is 2. The van der Waals surface area contributed by atoms with Crippen molar-refractivity contribution in [3.05, 3.63) is 54.1 Å². The van der Waals surface area contributed by atoms with Crippen molar-refractivity contribution in [1.82, 2.24) is 0 Å². The summed E-state index contributed by atoms with van der Waals surface area (Å²) in [7, 11) is -3.77. The third kappa shape index (κ3) is 4.32. The van der Waals surface area contributed by atoms with E-state index < -0.39 is 10.0 Å². The first-order valence-corrected chi connectivity index (χ1v) is 8.26. The third-order valence-electron chi connectivity index (χ3n) is 2.96. The molecule has 0 atom stereocenters. The van der Waals surface area contributed by atoms with Crippen molar-refractivity contribution >= 4 is 27.1 Å². The number of rotatable bonds is 5. The Morgan fingerprint density at radius 2 is 1.71 bits per heavy atom. The molecule has 2 N–H and O–H groups in total. The van der Waals surface area contributed by atoms with Gasteiger partial charge in [-0.05, 0) is 37.3 Å². The number of hydrogen-bond acceptors (Lipinski definition) is 6. The van der Waals surface area contributed by atoms with E-state index in [0.29, 0.717) is 11.4 Å². The molecule has 0 saturated heterocycles. The zero-order valence-electron chi connectivity index (χ0n) is 12.7. The minimum Gasteiger partial charge on any atom is -0.280 e. The molecule has 120 valence electrons. The number of aryl methyl sites for hydroxylation is 1. The Labute approximate surface area is 139 Å². The van der Waals surface area contributed by atoms with Crippen molar-refractivity contribution in [3.63, 3.8) is 0 Å². The molecule has 0 bridgehead atoms. The van der Waals surface area contributed by atoms with Gasteiger partial charge < -0.3 is 0 Å².